The van der Waals surface area contributed by atoms with Crippen LogP contribution in [0.25, 0.3) is 0 Å². The van der Waals surface area contributed by atoms with Crippen molar-refractivity contribution in [2.24, 2.45) is 0 Å². The number of nitrogens with one attached hydrogen (secondary N) is 2. The van der Waals surface area contributed by atoms with Crippen LogP contribution in [0, 0.1) is 11.6 Å². The molecule has 0 atom stereocenters. The number of halogens is 2. The minimum Gasteiger partial charge on any atom is -0.363 e. The van der Waals surface area contributed by atoms with Crippen LogP contribution in [0.5, 0.6) is 0 Å². The lowest BCUT2D eigenvalue weighted by Gasteiger charge is -2.07. The average molecular weight is 250 g/mol. The molecule has 0 unspecified atom stereocenters. The van der Waals surface area contributed by atoms with E-state index in [2.05, 4.69) is 20.6 Å². The summed E-state index contributed by atoms with van der Waals surface area (Å²) in [7, 11) is 1.65. The van der Waals surface area contributed by atoms with Crippen LogP contribution in [-0.2, 0) is 6.54 Å². The summed E-state index contributed by atoms with van der Waals surface area (Å²) < 4.78 is 26.1. The van der Waals surface area contributed by atoms with Crippen LogP contribution < -0.4 is 10.6 Å². The van der Waals surface area contributed by atoms with Crippen molar-refractivity contribution in [2.75, 3.05) is 17.7 Å². The molecule has 1 aromatic carbocycles. The summed E-state index contributed by atoms with van der Waals surface area (Å²) in [6.45, 7) is 0.358. The number of nitrogens with zero attached hydrogens (tertiary/aromatic N) is 2. The average Bonchev–Trinajstić information content (AvgIpc) is 2.40. The van der Waals surface area contributed by atoms with Crippen LogP contribution in [0.2, 0.25) is 0 Å². The smallest absolute Gasteiger partial charge is 0.224 e. The highest BCUT2D eigenvalue weighted by molar-refractivity contribution is 5.41. The lowest BCUT2D eigenvalue weighted by Crippen LogP contribution is -2.06. The molecule has 94 valence electrons. The van der Waals surface area contributed by atoms with Gasteiger partial charge in [-0.25, -0.2) is 13.8 Å². The van der Waals surface area contributed by atoms with Crippen molar-refractivity contribution >= 4 is 11.8 Å². The van der Waals surface area contributed by atoms with E-state index in [1.807, 2.05) is 0 Å². The largest absolute Gasteiger partial charge is 0.363 e. The fraction of sp³-hybridized carbons (Fsp3) is 0.167. The van der Waals surface area contributed by atoms with Gasteiger partial charge in [0.2, 0.25) is 5.95 Å². The number of aromatic nitrogens is 2. The molecule has 0 aliphatic carbocycles. The molecule has 0 radical (unpaired) electrons. The van der Waals surface area contributed by atoms with E-state index in [1.165, 1.54) is 12.1 Å². The maximum absolute atomic E-state index is 13.4. The number of benzene rings is 1. The third-order valence-electron chi connectivity index (χ3n) is 2.34. The Hall–Kier alpha value is -2.24. The Morgan fingerprint density at radius 2 is 1.89 bits per heavy atom. The van der Waals surface area contributed by atoms with E-state index in [0.29, 0.717) is 12.5 Å². The molecule has 6 heteroatoms. The van der Waals surface area contributed by atoms with Crippen molar-refractivity contribution in [3.63, 3.8) is 0 Å². The zero-order chi connectivity index (χ0) is 13.0. The Morgan fingerprint density at radius 1 is 1.17 bits per heavy atom. The topological polar surface area (TPSA) is 49.8 Å². The van der Waals surface area contributed by atoms with E-state index in [0.717, 1.165) is 11.8 Å². The number of hydrogen-bond acceptors (Lipinski definition) is 4. The van der Waals surface area contributed by atoms with Gasteiger partial charge in [-0.3, -0.25) is 0 Å². The number of rotatable bonds is 4. The van der Waals surface area contributed by atoms with E-state index in [9.17, 15) is 8.78 Å². The standard InChI is InChI=1S/C12H12F2N4/c1-15-12-17-7-10(14)11(18-12)16-6-8-2-4-9(13)5-3-8/h2-5,7H,6H2,1H3,(H2,15,16,17,18). The second-order valence-electron chi connectivity index (χ2n) is 3.62. The first kappa shape index (κ1) is 12.2. The third-order valence-corrected chi connectivity index (χ3v) is 2.34. The summed E-state index contributed by atoms with van der Waals surface area (Å²) in [6, 6.07) is 5.96. The first-order valence-electron chi connectivity index (χ1n) is 5.37. The molecule has 1 heterocycles. The van der Waals surface area contributed by atoms with Crippen LogP contribution in [0.4, 0.5) is 20.5 Å². The van der Waals surface area contributed by atoms with Gasteiger partial charge in [-0.15, -0.1) is 0 Å². The molecule has 4 nitrogen and oxygen atoms in total. The zero-order valence-corrected chi connectivity index (χ0v) is 9.74. The molecule has 0 fully saturated rings. The van der Waals surface area contributed by atoms with Crippen LogP contribution in [0.15, 0.2) is 30.5 Å². The third kappa shape index (κ3) is 2.91. The fourth-order valence-electron chi connectivity index (χ4n) is 1.40. The number of hydrogen-bond donors (Lipinski definition) is 2. The van der Waals surface area contributed by atoms with E-state index in [4.69, 9.17) is 0 Å². The van der Waals surface area contributed by atoms with Gasteiger partial charge in [-0.1, -0.05) is 12.1 Å². The summed E-state index contributed by atoms with van der Waals surface area (Å²) in [4.78, 5) is 7.68. The molecule has 0 saturated heterocycles. The minimum absolute atomic E-state index is 0.110. The molecular formula is C12H12F2N4. The molecule has 2 aromatic rings. The molecule has 2 N–H and O–H groups in total. The predicted molar refractivity (Wildman–Crippen MR) is 65.3 cm³/mol. The van der Waals surface area contributed by atoms with Crippen LogP contribution in [0.1, 0.15) is 5.56 Å². The van der Waals surface area contributed by atoms with Gasteiger partial charge in [0.15, 0.2) is 11.6 Å². The van der Waals surface area contributed by atoms with Crippen LogP contribution >= 0.6 is 0 Å². The predicted octanol–water partition coefficient (Wildman–Crippen LogP) is 2.41. The molecule has 0 aliphatic rings. The van der Waals surface area contributed by atoms with Crippen molar-refractivity contribution in [1.29, 1.82) is 0 Å². The number of anilines is 2. The van der Waals surface area contributed by atoms with Crippen molar-refractivity contribution in [2.45, 2.75) is 6.54 Å². The summed E-state index contributed by atoms with van der Waals surface area (Å²) in [5.41, 5.74) is 0.834. The van der Waals surface area contributed by atoms with Gasteiger partial charge in [0.05, 0.1) is 6.20 Å². The first-order chi connectivity index (χ1) is 8.69. The molecule has 0 aliphatic heterocycles. The maximum Gasteiger partial charge on any atom is 0.224 e. The van der Waals surface area contributed by atoms with Crippen molar-refractivity contribution in [3.8, 4) is 0 Å². The maximum atomic E-state index is 13.4. The monoisotopic (exact) mass is 250 g/mol. The summed E-state index contributed by atoms with van der Waals surface area (Å²) in [6.07, 6.45) is 1.09. The molecule has 0 saturated carbocycles. The zero-order valence-electron chi connectivity index (χ0n) is 9.74. The van der Waals surface area contributed by atoms with E-state index in [-0.39, 0.29) is 11.6 Å². The van der Waals surface area contributed by atoms with Gasteiger partial charge in [0.25, 0.3) is 0 Å². The van der Waals surface area contributed by atoms with Gasteiger partial charge < -0.3 is 10.6 Å². The van der Waals surface area contributed by atoms with Gasteiger partial charge in [-0.05, 0) is 17.7 Å². The second kappa shape index (κ2) is 5.39. The Labute approximate surface area is 103 Å². The minimum atomic E-state index is -0.531. The fourth-order valence-corrected chi connectivity index (χ4v) is 1.40. The molecule has 0 bridgehead atoms. The van der Waals surface area contributed by atoms with E-state index >= 15 is 0 Å². The van der Waals surface area contributed by atoms with Crippen LogP contribution in [-0.4, -0.2) is 17.0 Å². The van der Waals surface area contributed by atoms with E-state index in [1.54, 1.807) is 19.2 Å². The Morgan fingerprint density at radius 3 is 2.56 bits per heavy atom. The van der Waals surface area contributed by atoms with Crippen molar-refractivity contribution < 1.29 is 8.78 Å². The molecule has 0 spiro atoms. The highest BCUT2D eigenvalue weighted by Crippen LogP contribution is 2.13. The molecular weight excluding hydrogens is 238 g/mol. The van der Waals surface area contributed by atoms with E-state index < -0.39 is 5.82 Å². The van der Waals surface area contributed by atoms with Gasteiger partial charge in [0, 0.05) is 13.6 Å². The lowest BCUT2D eigenvalue weighted by molar-refractivity contribution is 0.617. The molecule has 1 aromatic heterocycles. The van der Waals surface area contributed by atoms with Gasteiger partial charge >= 0.3 is 0 Å². The summed E-state index contributed by atoms with van der Waals surface area (Å²) in [5.74, 6) is -0.391. The first-order valence-corrected chi connectivity index (χ1v) is 5.37. The summed E-state index contributed by atoms with van der Waals surface area (Å²) in [5, 5.41) is 5.56. The SMILES string of the molecule is CNc1ncc(F)c(NCc2ccc(F)cc2)n1. The van der Waals surface area contributed by atoms with Gasteiger partial charge in [-0.2, -0.15) is 4.98 Å². The molecule has 18 heavy (non-hydrogen) atoms. The Balaban J connectivity index is 2.07. The quantitative estimate of drug-likeness (QED) is 0.874. The normalized spacial score (nSPS) is 10.2. The Kier molecular flexibility index (Phi) is 3.66. The highest BCUT2D eigenvalue weighted by Gasteiger charge is 2.05. The molecule has 0 amide bonds. The Bertz CT molecular complexity index is 528. The van der Waals surface area contributed by atoms with Gasteiger partial charge in [0.1, 0.15) is 5.82 Å². The van der Waals surface area contributed by atoms with Crippen molar-refractivity contribution in [1.82, 2.24) is 9.97 Å². The van der Waals surface area contributed by atoms with Crippen LogP contribution in [0.3, 0.4) is 0 Å². The molecule has 2 rings (SSSR count). The highest BCUT2D eigenvalue weighted by atomic mass is 19.1. The lowest BCUT2D eigenvalue weighted by atomic mass is 10.2. The summed E-state index contributed by atoms with van der Waals surface area (Å²) >= 11 is 0. The van der Waals surface area contributed by atoms with Crippen molar-refractivity contribution in [3.05, 3.63) is 47.7 Å². The second-order valence-corrected chi connectivity index (χ2v) is 3.62.